The quantitative estimate of drug-likeness (QED) is 0.602. The Hall–Kier alpha value is -2.85. The zero-order valence-electron chi connectivity index (χ0n) is 20.2. The number of benzene rings is 1. The van der Waals surface area contributed by atoms with E-state index in [-0.39, 0.29) is 23.8 Å². The average molecular weight is 488 g/mol. The number of carbonyl (C=O) groups is 2. The lowest BCUT2D eigenvalue weighted by molar-refractivity contribution is -0.124. The van der Waals surface area contributed by atoms with Gasteiger partial charge in [-0.3, -0.25) is 14.7 Å². The second-order valence-corrected chi connectivity index (χ2v) is 11.2. The van der Waals surface area contributed by atoms with E-state index in [9.17, 15) is 9.59 Å². The molecule has 1 aromatic rings. The van der Waals surface area contributed by atoms with E-state index in [1.54, 1.807) is 30.1 Å². The summed E-state index contributed by atoms with van der Waals surface area (Å²) < 4.78 is 5.49. The molecular weight excluding hydrogens is 458 g/mol. The number of ether oxygens (including phenoxy) is 1. The molecule has 10 nitrogen and oxygen atoms in total. The molecule has 34 heavy (non-hydrogen) atoms. The molecule has 1 unspecified atom stereocenters. The van der Waals surface area contributed by atoms with Crippen molar-refractivity contribution in [2.75, 3.05) is 45.2 Å². The van der Waals surface area contributed by atoms with Crippen LogP contribution in [-0.2, 0) is 11.3 Å². The van der Waals surface area contributed by atoms with Gasteiger partial charge in [0.2, 0.25) is 6.29 Å². The van der Waals surface area contributed by atoms with E-state index < -0.39 is 5.60 Å². The van der Waals surface area contributed by atoms with Gasteiger partial charge in [0.1, 0.15) is 5.60 Å². The van der Waals surface area contributed by atoms with Gasteiger partial charge in [-0.25, -0.2) is 9.59 Å². The molecule has 182 valence electrons. The molecule has 11 heteroatoms. The van der Waals surface area contributed by atoms with E-state index in [4.69, 9.17) is 16.3 Å². The molecule has 4 heterocycles. The Kier molecular flexibility index (Phi) is 5.29. The third-order valence-corrected chi connectivity index (χ3v) is 6.63. The van der Waals surface area contributed by atoms with Crippen LogP contribution in [0, 0.1) is 5.41 Å². The molecular formula is C23H30ClN7O3. The van der Waals surface area contributed by atoms with Crippen molar-refractivity contribution in [2.45, 2.75) is 39.2 Å². The Balaban J connectivity index is 1.32. The summed E-state index contributed by atoms with van der Waals surface area (Å²) in [5.74, 6) is 0.617. The van der Waals surface area contributed by atoms with Crippen LogP contribution in [-0.4, -0.2) is 83.9 Å². The topological polar surface area (TPSA) is 84.3 Å². The van der Waals surface area contributed by atoms with Crippen molar-refractivity contribution in [3.63, 3.8) is 0 Å². The monoisotopic (exact) mass is 487 g/mol. The highest BCUT2D eigenvalue weighted by Gasteiger charge is 2.57. The van der Waals surface area contributed by atoms with E-state index in [2.05, 4.69) is 20.0 Å². The van der Waals surface area contributed by atoms with Crippen LogP contribution in [0.3, 0.4) is 0 Å². The second kappa shape index (κ2) is 7.84. The van der Waals surface area contributed by atoms with Gasteiger partial charge in [-0.15, -0.1) is 10.2 Å². The van der Waals surface area contributed by atoms with Crippen LogP contribution in [0.1, 0.15) is 26.3 Å². The summed E-state index contributed by atoms with van der Waals surface area (Å²) in [4.78, 5) is 34.3. The van der Waals surface area contributed by atoms with E-state index in [1.165, 1.54) is 4.90 Å². The molecule has 3 amide bonds. The van der Waals surface area contributed by atoms with Crippen LogP contribution in [0.5, 0.6) is 0 Å². The molecule has 4 aliphatic rings. The number of rotatable bonds is 1. The first-order valence-corrected chi connectivity index (χ1v) is 11.7. The highest BCUT2D eigenvalue weighted by molar-refractivity contribution is 6.30. The van der Waals surface area contributed by atoms with Crippen molar-refractivity contribution in [1.29, 1.82) is 0 Å². The number of azo groups is 1. The molecule has 0 aliphatic carbocycles. The Bertz CT molecular complexity index is 1080. The molecule has 0 aromatic heterocycles. The summed E-state index contributed by atoms with van der Waals surface area (Å²) in [5.41, 5.74) is 1.44. The molecule has 0 saturated carbocycles. The number of hydrogen-bond donors (Lipinski definition) is 0. The fourth-order valence-electron chi connectivity index (χ4n) is 4.96. The van der Waals surface area contributed by atoms with Gasteiger partial charge in [0.05, 0.1) is 18.4 Å². The number of nitrogens with zero attached hydrogens (tertiary/aromatic N) is 7. The smallest absolute Gasteiger partial charge is 0.410 e. The lowest BCUT2D eigenvalue weighted by atomic mass is 9.73. The number of likely N-dealkylation sites (tertiary alicyclic amines) is 2. The zero-order valence-corrected chi connectivity index (χ0v) is 20.9. The maximum atomic E-state index is 12.8. The predicted molar refractivity (Wildman–Crippen MR) is 127 cm³/mol. The van der Waals surface area contributed by atoms with Crippen LogP contribution >= 0.6 is 11.6 Å². The van der Waals surface area contributed by atoms with Gasteiger partial charge in [-0.1, -0.05) is 11.6 Å². The molecule has 1 atom stereocenters. The number of carbonyl (C=O) groups excluding carboxylic acids is 2. The summed E-state index contributed by atoms with van der Waals surface area (Å²) in [6, 6.07) is 5.56. The summed E-state index contributed by atoms with van der Waals surface area (Å²) >= 11 is 6.29. The number of urea groups is 1. The van der Waals surface area contributed by atoms with Gasteiger partial charge >= 0.3 is 12.1 Å². The van der Waals surface area contributed by atoms with Crippen LogP contribution < -0.4 is 4.90 Å². The Labute approximate surface area is 204 Å². The largest absolute Gasteiger partial charge is 0.444 e. The molecule has 5 rings (SSSR count). The first-order valence-electron chi connectivity index (χ1n) is 11.3. The fraction of sp³-hybridized carbons (Fsp3) is 0.565. The van der Waals surface area contributed by atoms with Crippen molar-refractivity contribution < 1.29 is 14.3 Å². The predicted octanol–water partition coefficient (Wildman–Crippen LogP) is 3.74. The lowest BCUT2D eigenvalue weighted by Crippen LogP contribution is -2.75. The van der Waals surface area contributed by atoms with Crippen molar-refractivity contribution in [3.8, 4) is 0 Å². The molecule has 0 radical (unpaired) electrons. The van der Waals surface area contributed by atoms with Crippen molar-refractivity contribution >= 4 is 29.4 Å². The molecule has 0 bridgehead atoms. The maximum absolute atomic E-state index is 12.8. The van der Waals surface area contributed by atoms with Gasteiger partial charge in [0, 0.05) is 50.7 Å². The van der Waals surface area contributed by atoms with Gasteiger partial charge in [-0.05, 0) is 44.5 Å². The minimum Gasteiger partial charge on any atom is -0.444 e. The Morgan fingerprint density at radius 2 is 1.88 bits per heavy atom. The molecule has 1 aromatic carbocycles. The van der Waals surface area contributed by atoms with Crippen LogP contribution in [0.2, 0.25) is 5.02 Å². The van der Waals surface area contributed by atoms with Crippen LogP contribution in [0.15, 0.2) is 40.4 Å². The van der Waals surface area contributed by atoms with Gasteiger partial charge < -0.3 is 14.5 Å². The Morgan fingerprint density at radius 3 is 2.53 bits per heavy atom. The minimum absolute atomic E-state index is 0.0699. The summed E-state index contributed by atoms with van der Waals surface area (Å²) in [5, 5.41) is 9.59. The number of fused-ring (bicyclic) bond motifs is 3. The van der Waals surface area contributed by atoms with Gasteiger partial charge in [0.15, 0.2) is 5.82 Å². The number of halogens is 1. The van der Waals surface area contributed by atoms with Crippen molar-refractivity contribution in [3.05, 3.63) is 40.8 Å². The molecule has 1 spiro atoms. The van der Waals surface area contributed by atoms with E-state index in [0.717, 1.165) is 24.3 Å². The van der Waals surface area contributed by atoms with Crippen molar-refractivity contribution in [2.24, 2.45) is 15.6 Å². The second-order valence-electron chi connectivity index (χ2n) is 10.7. The van der Waals surface area contributed by atoms with E-state index in [1.807, 2.05) is 39.0 Å². The van der Waals surface area contributed by atoms with E-state index in [0.29, 0.717) is 30.5 Å². The van der Waals surface area contributed by atoms with Crippen LogP contribution in [0.4, 0.5) is 15.3 Å². The average Bonchev–Trinajstić information content (AvgIpc) is 2.99. The molecule has 4 aliphatic heterocycles. The highest BCUT2D eigenvalue weighted by atomic mass is 35.5. The van der Waals surface area contributed by atoms with Gasteiger partial charge in [0.25, 0.3) is 0 Å². The standard InChI is InChI=1S/C23H30ClN7O3/c1-22(2,3)34-21(33)30-13-23(14-30)11-29(12-23)19-26-25-18-10-28(20(32)27(4)5)9-15-8-16(24)6-7-17(15)31(18)19/h6-8,10,19H,9,11-14H2,1-5H3. The minimum atomic E-state index is -0.497. The summed E-state index contributed by atoms with van der Waals surface area (Å²) in [7, 11) is 3.44. The zero-order chi connectivity index (χ0) is 24.4. The SMILES string of the molecule is CN(C)C(=O)N1C=C2N=NC(N3CC4(CN(C(=O)OC(C)(C)C)C4)C3)N2c2ccc(Cl)cc2C1. The van der Waals surface area contributed by atoms with Gasteiger partial charge in [-0.2, -0.15) is 0 Å². The third kappa shape index (κ3) is 3.98. The Morgan fingerprint density at radius 1 is 1.18 bits per heavy atom. The molecule has 2 fully saturated rings. The first kappa shape index (κ1) is 22.9. The summed E-state index contributed by atoms with van der Waals surface area (Å²) in [6.07, 6.45) is 1.19. The van der Waals surface area contributed by atoms with Crippen LogP contribution in [0.25, 0.3) is 0 Å². The number of amides is 3. The summed E-state index contributed by atoms with van der Waals surface area (Å²) in [6.45, 7) is 9.00. The molecule has 0 N–H and O–H groups in total. The molecule has 2 saturated heterocycles. The maximum Gasteiger partial charge on any atom is 0.410 e. The first-order chi connectivity index (χ1) is 15.9. The highest BCUT2D eigenvalue weighted by Crippen LogP contribution is 2.45. The number of anilines is 1. The third-order valence-electron chi connectivity index (χ3n) is 6.39. The van der Waals surface area contributed by atoms with Crippen molar-refractivity contribution in [1.82, 2.24) is 19.6 Å². The van der Waals surface area contributed by atoms with E-state index >= 15 is 0 Å². The lowest BCUT2D eigenvalue weighted by Gasteiger charge is -2.61. The fourth-order valence-corrected chi connectivity index (χ4v) is 5.16. The normalized spacial score (nSPS) is 22.9. The number of hydrogen-bond acceptors (Lipinski definition) is 7.